The first kappa shape index (κ1) is 19.7. The monoisotopic (exact) mass is 365 g/mol. The van der Waals surface area contributed by atoms with Crippen LogP contribution in [0.1, 0.15) is 37.7 Å². The Hall–Kier alpha value is -1.59. The molecule has 1 fully saturated rings. The number of carbonyl (C=O) groups excluding carboxylic acids is 2. The standard InChI is InChI=1S/C19H28ClN3O2/c20-17-8-5-4-7-16(17)15-19(25)23-13-11-22(12-14-23)18(24)9-3-1-2-6-10-21/h4-5,7-8H,1-3,6,9-15,21H2. The summed E-state index contributed by atoms with van der Waals surface area (Å²) in [5.74, 6) is 0.271. The molecule has 1 saturated heterocycles. The number of hydrogen-bond acceptors (Lipinski definition) is 3. The fourth-order valence-electron chi connectivity index (χ4n) is 3.05. The fourth-order valence-corrected chi connectivity index (χ4v) is 3.26. The van der Waals surface area contributed by atoms with Gasteiger partial charge in [0, 0.05) is 37.6 Å². The Morgan fingerprint density at radius 3 is 2.16 bits per heavy atom. The Bertz CT molecular complexity index is 572. The third kappa shape index (κ3) is 6.33. The number of unbranched alkanes of at least 4 members (excludes halogenated alkanes) is 3. The van der Waals surface area contributed by atoms with E-state index in [1.54, 1.807) is 6.07 Å². The minimum absolute atomic E-state index is 0.0713. The van der Waals surface area contributed by atoms with Gasteiger partial charge in [-0.2, -0.15) is 0 Å². The van der Waals surface area contributed by atoms with E-state index in [4.69, 9.17) is 17.3 Å². The lowest BCUT2D eigenvalue weighted by molar-refractivity contribution is -0.139. The average molecular weight is 366 g/mol. The summed E-state index contributed by atoms with van der Waals surface area (Å²) in [6.07, 6.45) is 5.01. The molecule has 6 heteroatoms. The molecule has 138 valence electrons. The van der Waals surface area contributed by atoms with Crippen molar-refractivity contribution in [3.8, 4) is 0 Å². The predicted molar refractivity (Wildman–Crippen MR) is 100 cm³/mol. The van der Waals surface area contributed by atoms with Gasteiger partial charge in [-0.05, 0) is 31.0 Å². The van der Waals surface area contributed by atoms with E-state index in [2.05, 4.69) is 0 Å². The molecule has 1 aliphatic heterocycles. The van der Waals surface area contributed by atoms with E-state index in [1.165, 1.54) is 0 Å². The maximum atomic E-state index is 12.4. The number of amides is 2. The van der Waals surface area contributed by atoms with Crippen molar-refractivity contribution in [2.75, 3.05) is 32.7 Å². The first-order valence-corrected chi connectivity index (χ1v) is 9.48. The van der Waals surface area contributed by atoms with Crippen LogP contribution in [0.3, 0.4) is 0 Å². The van der Waals surface area contributed by atoms with Crippen LogP contribution in [0.25, 0.3) is 0 Å². The van der Waals surface area contributed by atoms with Crippen molar-refractivity contribution >= 4 is 23.4 Å². The van der Waals surface area contributed by atoms with Gasteiger partial charge in [0.2, 0.25) is 11.8 Å². The van der Waals surface area contributed by atoms with Gasteiger partial charge in [-0.25, -0.2) is 0 Å². The maximum absolute atomic E-state index is 12.4. The van der Waals surface area contributed by atoms with Gasteiger partial charge >= 0.3 is 0 Å². The van der Waals surface area contributed by atoms with Crippen LogP contribution in [0.2, 0.25) is 5.02 Å². The van der Waals surface area contributed by atoms with Crippen molar-refractivity contribution in [1.82, 2.24) is 9.80 Å². The van der Waals surface area contributed by atoms with Crippen molar-refractivity contribution in [3.63, 3.8) is 0 Å². The van der Waals surface area contributed by atoms with Crippen LogP contribution in [-0.2, 0) is 16.0 Å². The number of rotatable bonds is 8. The molecule has 0 unspecified atom stereocenters. The molecule has 2 amide bonds. The van der Waals surface area contributed by atoms with Crippen LogP contribution in [-0.4, -0.2) is 54.3 Å². The molecule has 1 aliphatic rings. The zero-order chi connectivity index (χ0) is 18.1. The van der Waals surface area contributed by atoms with E-state index >= 15 is 0 Å². The molecule has 5 nitrogen and oxygen atoms in total. The van der Waals surface area contributed by atoms with Crippen LogP contribution in [0.15, 0.2) is 24.3 Å². The van der Waals surface area contributed by atoms with Crippen molar-refractivity contribution < 1.29 is 9.59 Å². The van der Waals surface area contributed by atoms with Gasteiger partial charge < -0.3 is 15.5 Å². The molecule has 1 aromatic rings. The van der Waals surface area contributed by atoms with Gasteiger partial charge in [0.15, 0.2) is 0 Å². The second-order valence-corrected chi connectivity index (χ2v) is 6.89. The summed E-state index contributed by atoms with van der Waals surface area (Å²) in [6.45, 7) is 3.16. The number of halogens is 1. The second-order valence-electron chi connectivity index (χ2n) is 6.48. The van der Waals surface area contributed by atoms with E-state index in [0.29, 0.717) is 44.0 Å². The summed E-state index contributed by atoms with van der Waals surface area (Å²) < 4.78 is 0. The molecular weight excluding hydrogens is 338 g/mol. The highest BCUT2D eigenvalue weighted by Crippen LogP contribution is 2.17. The van der Waals surface area contributed by atoms with Crippen molar-refractivity contribution in [1.29, 1.82) is 0 Å². The van der Waals surface area contributed by atoms with E-state index in [0.717, 1.165) is 37.8 Å². The summed E-state index contributed by atoms with van der Waals surface area (Å²) in [5, 5.41) is 0.624. The third-order valence-corrected chi connectivity index (χ3v) is 5.00. The van der Waals surface area contributed by atoms with Crippen LogP contribution in [0, 0.1) is 0 Å². The van der Waals surface area contributed by atoms with Crippen molar-refractivity contribution in [3.05, 3.63) is 34.9 Å². The highest BCUT2D eigenvalue weighted by molar-refractivity contribution is 6.31. The molecule has 0 aromatic heterocycles. The van der Waals surface area contributed by atoms with Gasteiger partial charge in [0.05, 0.1) is 6.42 Å². The largest absolute Gasteiger partial charge is 0.339 e. The SMILES string of the molecule is NCCCCCCC(=O)N1CCN(C(=O)Cc2ccccc2Cl)CC1. The highest BCUT2D eigenvalue weighted by atomic mass is 35.5. The van der Waals surface area contributed by atoms with Gasteiger partial charge in [-0.15, -0.1) is 0 Å². The van der Waals surface area contributed by atoms with Gasteiger partial charge in [-0.1, -0.05) is 42.6 Å². The highest BCUT2D eigenvalue weighted by Gasteiger charge is 2.24. The van der Waals surface area contributed by atoms with Crippen LogP contribution in [0.5, 0.6) is 0 Å². The Balaban J connectivity index is 1.71. The number of piperazine rings is 1. The molecule has 0 aliphatic carbocycles. The van der Waals surface area contributed by atoms with Crippen molar-refractivity contribution in [2.24, 2.45) is 5.73 Å². The Morgan fingerprint density at radius 2 is 1.52 bits per heavy atom. The first-order valence-electron chi connectivity index (χ1n) is 9.11. The normalized spacial score (nSPS) is 14.6. The average Bonchev–Trinajstić information content (AvgIpc) is 2.63. The molecule has 2 N–H and O–H groups in total. The zero-order valence-electron chi connectivity index (χ0n) is 14.8. The van der Waals surface area contributed by atoms with E-state index in [-0.39, 0.29) is 11.8 Å². The summed E-state index contributed by atoms with van der Waals surface area (Å²) >= 11 is 6.12. The number of nitrogens with two attached hydrogens (primary N) is 1. The summed E-state index contributed by atoms with van der Waals surface area (Å²) in [4.78, 5) is 28.4. The van der Waals surface area contributed by atoms with Gasteiger partial charge in [0.1, 0.15) is 0 Å². The summed E-state index contributed by atoms with van der Waals surface area (Å²) in [7, 11) is 0. The molecule has 0 atom stereocenters. The first-order chi connectivity index (χ1) is 12.1. The number of benzene rings is 1. The minimum atomic E-state index is 0.0713. The van der Waals surface area contributed by atoms with E-state index in [1.807, 2.05) is 28.0 Å². The van der Waals surface area contributed by atoms with Crippen LogP contribution >= 0.6 is 11.6 Å². The molecule has 0 spiro atoms. The Kier molecular flexibility index (Phi) is 8.22. The molecule has 1 aromatic carbocycles. The molecule has 25 heavy (non-hydrogen) atoms. The fraction of sp³-hybridized carbons (Fsp3) is 0.579. The lowest BCUT2D eigenvalue weighted by Crippen LogP contribution is -2.51. The van der Waals surface area contributed by atoms with E-state index < -0.39 is 0 Å². The lowest BCUT2D eigenvalue weighted by atomic mass is 10.1. The summed E-state index contributed by atoms with van der Waals surface area (Å²) in [5.41, 5.74) is 6.32. The lowest BCUT2D eigenvalue weighted by Gasteiger charge is -2.35. The van der Waals surface area contributed by atoms with E-state index in [9.17, 15) is 9.59 Å². The summed E-state index contributed by atoms with van der Waals surface area (Å²) in [6, 6.07) is 7.42. The smallest absolute Gasteiger partial charge is 0.227 e. The molecule has 0 radical (unpaired) electrons. The number of nitrogens with zero attached hydrogens (tertiary/aromatic N) is 2. The van der Waals surface area contributed by atoms with Crippen molar-refractivity contribution in [2.45, 2.75) is 38.5 Å². The number of carbonyl (C=O) groups is 2. The zero-order valence-corrected chi connectivity index (χ0v) is 15.5. The van der Waals surface area contributed by atoms with Gasteiger partial charge in [-0.3, -0.25) is 9.59 Å². The quantitative estimate of drug-likeness (QED) is 0.719. The predicted octanol–water partition coefficient (Wildman–Crippen LogP) is 2.46. The Labute approximate surface area is 155 Å². The molecule has 2 rings (SSSR count). The minimum Gasteiger partial charge on any atom is -0.339 e. The molecule has 0 bridgehead atoms. The van der Waals surface area contributed by atoms with Crippen LogP contribution in [0.4, 0.5) is 0 Å². The number of hydrogen-bond donors (Lipinski definition) is 1. The second kappa shape index (κ2) is 10.4. The molecular formula is C19H28ClN3O2. The van der Waals surface area contributed by atoms with Gasteiger partial charge in [0.25, 0.3) is 0 Å². The topological polar surface area (TPSA) is 66.6 Å². The van der Waals surface area contributed by atoms with Crippen LogP contribution < -0.4 is 5.73 Å². The maximum Gasteiger partial charge on any atom is 0.227 e. The Morgan fingerprint density at radius 1 is 0.920 bits per heavy atom. The third-order valence-electron chi connectivity index (χ3n) is 4.63. The molecule has 0 saturated carbocycles. The molecule has 1 heterocycles.